The zero-order chi connectivity index (χ0) is 15.7. The van der Waals surface area contributed by atoms with Crippen LogP contribution in [0.25, 0.3) is 6.08 Å². The summed E-state index contributed by atoms with van der Waals surface area (Å²) in [6.45, 7) is 3.95. The van der Waals surface area contributed by atoms with Gasteiger partial charge in [-0.1, -0.05) is 6.07 Å². The van der Waals surface area contributed by atoms with Crippen molar-refractivity contribution in [3.05, 3.63) is 29.8 Å². The summed E-state index contributed by atoms with van der Waals surface area (Å²) >= 11 is 0. The summed E-state index contributed by atoms with van der Waals surface area (Å²) < 4.78 is 10.7. The highest BCUT2D eigenvalue weighted by atomic mass is 16.5. The molecule has 0 saturated carbocycles. The minimum absolute atomic E-state index is 0.107. The van der Waals surface area contributed by atoms with Gasteiger partial charge in [-0.3, -0.25) is 4.79 Å². The maximum Gasteiger partial charge on any atom is 0.244 e. The van der Waals surface area contributed by atoms with Crippen molar-refractivity contribution in [2.75, 3.05) is 40.9 Å². The third kappa shape index (κ3) is 6.31. The first-order valence-corrected chi connectivity index (χ1v) is 6.98. The number of rotatable bonds is 8. The summed E-state index contributed by atoms with van der Waals surface area (Å²) in [5, 5.41) is 2.82. The predicted molar refractivity (Wildman–Crippen MR) is 84.8 cm³/mol. The van der Waals surface area contributed by atoms with Crippen LogP contribution < -0.4 is 14.8 Å². The van der Waals surface area contributed by atoms with Gasteiger partial charge in [0, 0.05) is 19.2 Å². The van der Waals surface area contributed by atoms with Crippen molar-refractivity contribution in [1.82, 2.24) is 10.2 Å². The zero-order valence-corrected chi connectivity index (χ0v) is 13.2. The molecule has 0 aromatic heterocycles. The first kappa shape index (κ1) is 17.0. The third-order valence-corrected chi connectivity index (χ3v) is 2.77. The lowest BCUT2D eigenvalue weighted by Crippen LogP contribution is -2.30. The molecule has 0 aliphatic rings. The number of amides is 1. The largest absolute Gasteiger partial charge is 0.493 e. The minimum atomic E-state index is -0.107. The highest BCUT2D eigenvalue weighted by Crippen LogP contribution is 2.28. The average molecular weight is 292 g/mol. The number of carbonyl (C=O) groups is 1. The molecule has 0 aliphatic carbocycles. The summed E-state index contributed by atoms with van der Waals surface area (Å²) in [6.07, 6.45) is 3.27. The fourth-order valence-electron chi connectivity index (χ4n) is 1.70. The van der Waals surface area contributed by atoms with E-state index < -0.39 is 0 Å². The van der Waals surface area contributed by atoms with E-state index in [-0.39, 0.29) is 5.91 Å². The highest BCUT2D eigenvalue weighted by Gasteiger charge is 2.04. The molecule has 0 bridgehead atoms. The van der Waals surface area contributed by atoms with Crippen molar-refractivity contribution in [3.8, 4) is 11.5 Å². The number of methoxy groups -OCH3 is 1. The van der Waals surface area contributed by atoms with E-state index >= 15 is 0 Å². The molecule has 1 rings (SSSR count). The third-order valence-electron chi connectivity index (χ3n) is 2.77. The van der Waals surface area contributed by atoms with Crippen LogP contribution in [0, 0.1) is 0 Å². The van der Waals surface area contributed by atoms with Crippen molar-refractivity contribution in [3.63, 3.8) is 0 Å². The summed E-state index contributed by atoms with van der Waals surface area (Å²) in [6, 6.07) is 5.57. The number of carbonyl (C=O) groups excluding carboxylic acids is 1. The molecule has 0 radical (unpaired) electrons. The predicted octanol–water partition coefficient (Wildman–Crippen LogP) is 1.78. The molecule has 1 aromatic carbocycles. The van der Waals surface area contributed by atoms with E-state index in [4.69, 9.17) is 9.47 Å². The van der Waals surface area contributed by atoms with Crippen LogP contribution in [0.5, 0.6) is 11.5 Å². The van der Waals surface area contributed by atoms with Crippen LogP contribution in [0.4, 0.5) is 0 Å². The molecular weight excluding hydrogens is 268 g/mol. The monoisotopic (exact) mass is 292 g/mol. The van der Waals surface area contributed by atoms with Crippen LogP contribution in [-0.4, -0.2) is 51.7 Å². The van der Waals surface area contributed by atoms with E-state index in [0.717, 1.165) is 12.1 Å². The topological polar surface area (TPSA) is 50.8 Å². The van der Waals surface area contributed by atoms with Crippen LogP contribution in [0.15, 0.2) is 24.3 Å². The summed E-state index contributed by atoms with van der Waals surface area (Å²) in [4.78, 5) is 13.7. The molecule has 1 N–H and O–H groups in total. The number of likely N-dealkylation sites (N-methyl/N-ethyl adjacent to an activating group) is 1. The second kappa shape index (κ2) is 9.02. The maximum absolute atomic E-state index is 11.6. The number of hydrogen-bond acceptors (Lipinski definition) is 4. The van der Waals surface area contributed by atoms with Gasteiger partial charge in [0.15, 0.2) is 11.5 Å². The first-order chi connectivity index (χ1) is 10.1. The van der Waals surface area contributed by atoms with E-state index in [1.54, 1.807) is 13.2 Å². The Morgan fingerprint density at radius 1 is 1.33 bits per heavy atom. The maximum atomic E-state index is 11.6. The Kier molecular flexibility index (Phi) is 7.32. The van der Waals surface area contributed by atoms with E-state index in [1.807, 2.05) is 44.1 Å². The lowest BCUT2D eigenvalue weighted by Gasteiger charge is -2.10. The Morgan fingerprint density at radius 2 is 2.10 bits per heavy atom. The van der Waals surface area contributed by atoms with Crippen molar-refractivity contribution >= 4 is 12.0 Å². The van der Waals surface area contributed by atoms with Gasteiger partial charge in [0.1, 0.15) is 0 Å². The molecule has 5 nitrogen and oxygen atoms in total. The molecule has 1 amide bonds. The van der Waals surface area contributed by atoms with Crippen LogP contribution in [0.1, 0.15) is 12.5 Å². The van der Waals surface area contributed by atoms with Gasteiger partial charge in [0.2, 0.25) is 5.91 Å². The Labute approximate surface area is 126 Å². The van der Waals surface area contributed by atoms with E-state index in [2.05, 4.69) is 5.32 Å². The Morgan fingerprint density at radius 3 is 2.71 bits per heavy atom. The van der Waals surface area contributed by atoms with Crippen LogP contribution >= 0.6 is 0 Å². The van der Waals surface area contributed by atoms with Crippen molar-refractivity contribution in [2.45, 2.75) is 6.92 Å². The summed E-state index contributed by atoms with van der Waals surface area (Å²) in [5.41, 5.74) is 0.887. The second-order valence-corrected chi connectivity index (χ2v) is 4.77. The molecular formula is C16H24N2O3. The number of ether oxygens (including phenoxy) is 2. The normalized spacial score (nSPS) is 10.9. The van der Waals surface area contributed by atoms with E-state index in [9.17, 15) is 4.79 Å². The Hall–Kier alpha value is -2.01. The average Bonchev–Trinajstić information content (AvgIpc) is 2.46. The molecule has 21 heavy (non-hydrogen) atoms. The van der Waals surface area contributed by atoms with Crippen LogP contribution in [0.3, 0.4) is 0 Å². The zero-order valence-electron chi connectivity index (χ0n) is 13.2. The number of nitrogens with zero attached hydrogens (tertiary/aromatic N) is 1. The van der Waals surface area contributed by atoms with E-state index in [0.29, 0.717) is 24.7 Å². The highest BCUT2D eigenvalue weighted by molar-refractivity contribution is 5.91. The second-order valence-electron chi connectivity index (χ2n) is 4.77. The van der Waals surface area contributed by atoms with Crippen LogP contribution in [0.2, 0.25) is 0 Å². The standard InChI is InChI=1S/C16H24N2O3/c1-5-21-14-8-6-13(12-15(14)20-4)7-9-16(19)17-10-11-18(2)3/h6-9,12H,5,10-11H2,1-4H3,(H,17,19)/b9-7+. The lowest BCUT2D eigenvalue weighted by molar-refractivity contribution is -0.116. The van der Waals surface area contributed by atoms with Gasteiger partial charge in [-0.2, -0.15) is 0 Å². The van der Waals surface area contributed by atoms with Gasteiger partial charge < -0.3 is 19.7 Å². The molecule has 1 aromatic rings. The van der Waals surface area contributed by atoms with Crippen molar-refractivity contribution in [2.24, 2.45) is 0 Å². The van der Waals surface area contributed by atoms with Gasteiger partial charge in [-0.15, -0.1) is 0 Å². The molecule has 0 unspecified atom stereocenters. The van der Waals surface area contributed by atoms with Gasteiger partial charge in [0.05, 0.1) is 13.7 Å². The van der Waals surface area contributed by atoms with Crippen LogP contribution in [-0.2, 0) is 4.79 Å². The number of benzene rings is 1. The molecule has 116 valence electrons. The molecule has 5 heteroatoms. The minimum Gasteiger partial charge on any atom is -0.493 e. The lowest BCUT2D eigenvalue weighted by atomic mass is 10.2. The quantitative estimate of drug-likeness (QED) is 0.742. The fourth-order valence-corrected chi connectivity index (χ4v) is 1.70. The smallest absolute Gasteiger partial charge is 0.244 e. The number of hydrogen-bond donors (Lipinski definition) is 1. The first-order valence-electron chi connectivity index (χ1n) is 6.98. The van der Waals surface area contributed by atoms with Gasteiger partial charge in [-0.05, 0) is 44.8 Å². The Bertz CT molecular complexity index is 484. The Balaban J connectivity index is 2.61. The molecule has 0 atom stereocenters. The van der Waals surface area contributed by atoms with Gasteiger partial charge in [-0.25, -0.2) is 0 Å². The van der Waals surface area contributed by atoms with E-state index in [1.165, 1.54) is 6.08 Å². The van der Waals surface area contributed by atoms with Gasteiger partial charge in [0.25, 0.3) is 0 Å². The molecule has 0 heterocycles. The SMILES string of the molecule is CCOc1ccc(/C=C/C(=O)NCCN(C)C)cc1OC. The molecule has 0 saturated heterocycles. The number of nitrogens with one attached hydrogen (secondary N) is 1. The van der Waals surface area contributed by atoms with Crippen molar-refractivity contribution < 1.29 is 14.3 Å². The molecule has 0 aliphatic heterocycles. The summed E-state index contributed by atoms with van der Waals surface area (Å²) in [5.74, 6) is 1.25. The molecule has 0 fully saturated rings. The summed E-state index contributed by atoms with van der Waals surface area (Å²) in [7, 11) is 5.53. The molecule has 0 spiro atoms. The fraction of sp³-hybridized carbons (Fsp3) is 0.438. The van der Waals surface area contributed by atoms with Gasteiger partial charge >= 0.3 is 0 Å². The van der Waals surface area contributed by atoms with Crippen molar-refractivity contribution in [1.29, 1.82) is 0 Å².